The van der Waals surface area contributed by atoms with Crippen molar-refractivity contribution in [3.05, 3.63) is 69.8 Å². The van der Waals surface area contributed by atoms with Crippen LogP contribution in [0.15, 0.2) is 47.3 Å². The topological polar surface area (TPSA) is 46.9 Å². The fraction of sp³-hybridized carbons (Fsp3) is 0.333. The van der Waals surface area contributed by atoms with Gasteiger partial charge < -0.3 is 5.32 Å². The third kappa shape index (κ3) is 3.42. The molecule has 0 radical (unpaired) electrons. The van der Waals surface area contributed by atoms with E-state index in [2.05, 4.69) is 10.3 Å². The number of halogens is 3. The van der Waals surface area contributed by atoms with Crippen molar-refractivity contribution in [2.45, 2.75) is 25.9 Å². The predicted octanol–water partition coefficient (Wildman–Crippen LogP) is 3.86. The minimum atomic E-state index is -4.49. The molecule has 1 atom stereocenters. The standard InChI is InChI=1S/C21H20F3N3O/c1-13-4-2-3-5-18(13)27-19-11-15(21(22,23)24)6-7-16(19)17(26-20(27)28)10-14-8-9-25-12-14/h2-7,11,14,25H,8-10,12H2,1H3/t14-/m1/s1. The molecule has 1 aliphatic heterocycles. The van der Waals surface area contributed by atoms with Gasteiger partial charge in [0, 0.05) is 5.39 Å². The van der Waals surface area contributed by atoms with E-state index in [1.807, 2.05) is 19.1 Å². The maximum absolute atomic E-state index is 13.3. The molecule has 0 spiro atoms. The van der Waals surface area contributed by atoms with E-state index < -0.39 is 17.4 Å². The minimum absolute atomic E-state index is 0.241. The zero-order chi connectivity index (χ0) is 19.9. The number of aromatic nitrogens is 2. The van der Waals surface area contributed by atoms with Gasteiger partial charge in [-0.15, -0.1) is 0 Å². The number of hydrogen-bond donors (Lipinski definition) is 1. The highest BCUT2D eigenvalue weighted by atomic mass is 19.4. The van der Waals surface area contributed by atoms with Crippen molar-refractivity contribution in [3.63, 3.8) is 0 Å². The monoisotopic (exact) mass is 387 g/mol. The fourth-order valence-electron chi connectivity index (χ4n) is 3.83. The average Bonchev–Trinajstić information content (AvgIpc) is 3.15. The van der Waals surface area contributed by atoms with Crippen molar-refractivity contribution in [1.82, 2.24) is 14.9 Å². The van der Waals surface area contributed by atoms with Crippen LogP contribution in [0, 0.1) is 12.8 Å². The molecule has 146 valence electrons. The van der Waals surface area contributed by atoms with E-state index in [0.717, 1.165) is 37.2 Å². The molecule has 2 heterocycles. The normalized spacial score (nSPS) is 17.4. The van der Waals surface area contributed by atoms with Gasteiger partial charge in [0.1, 0.15) is 0 Å². The Balaban J connectivity index is 1.98. The highest BCUT2D eigenvalue weighted by Gasteiger charge is 2.31. The van der Waals surface area contributed by atoms with Crippen LogP contribution in [0.25, 0.3) is 16.6 Å². The van der Waals surface area contributed by atoms with E-state index in [4.69, 9.17) is 0 Å². The molecule has 1 aliphatic rings. The Kier molecular flexibility index (Phi) is 4.71. The number of hydrogen-bond acceptors (Lipinski definition) is 3. The van der Waals surface area contributed by atoms with Crippen LogP contribution in [-0.4, -0.2) is 22.6 Å². The smallest absolute Gasteiger partial charge is 0.316 e. The molecule has 0 unspecified atom stereocenters. The molecule has 28 heavy (non-hydrogen) atoms. The summed E-state index contributed by atoms with van der Waals surface area (Å²) in [7, 11) is 0. The Bertz CT molecular complexity index is 1080. The van der Waals surface area contributed by atoms with Crippen LogP contribution in [0.1, 0.15) is 23.2 Å². The fourth-order valence-corrected chi connectivity index (χ4v) is 3.83. The van der Waals surface area contributed by atoms with Gasteiger partial charge in [0.2, 0.25) is 0 Å². The van der Waals surface area contributed by atoms with Gasteiger partial charge in [-0.05, 0) is 62.5 Å². The third-order valence-corrected chi connectivity index (χ3v) is 5.30. The van der Waals surface area contributed by atoms with Crippen LogP contribution in [0.3, 0.4) is 0 Å². The van der Waals surface area contributed by atoms with E-state index >= 15 is 0 Å². The van der Waals surface area contributed by atoms with Crippen molar-refractivity contribution in [2.75, 3.05) is 13.1 Å². The highest BCUT2D eigenvalue weighted by Crippen LogP contribution is 2.33. The Labute approximate surface area is 160 Å². The summed E-state index contributed by atoms with van der Waals surface area (Å²) in [6, 6.07) is 10.7. The average molecular weight is 387 g/mol. The van der Waals surface area contributed by atoms with Crippen LogP contribution >= 0.6 is 0 Å². The van der Waals surface area contributed by atoms with E-state index in [-0.39, 0.29) is 5.52 Å². The van der Waals surface area contributed by atoms with Crippen LogP contribution in [0.5, 0.6) is 0 Å². The number of para-hydroxylation sites is 1. The first kappa shape index (κ1) is 18.7. The first-order valence-electron chi connectivity index (χ1n) is 9.24. The lowest BCUT2D eigenvalue weighted by molar-refractivity contribution is -0.137. The number of benzene rings is 2. The van der Waals surface area contributed by atoms with Crippen molar-refractivity contribution in [1.29, 1.82) is 0 Å². The molecule has 2 aromatic carbocycles. The molecular formula is C21H20F3N3O. The molecule has 4 nitrogen and oxygen atoms in total. The lowest BCUT2D eigenvalue weighted by Crippen LogP contribution is -2.25. The molecule has 7 heteroatoms. The van der Waals surface area contributed by atoms with Crippen molar-refractivity contribution < 1.29 is 13.2 Å². The molecule has 0 aliphatic carbocycles. The summed E-state index contributed by atoms with van der Waals surface area (Å²) in [5.41, 5.74) is 0.803. The predicted molar refractivity (Wildman–Crippen MR) is 102 cm³/mol. The SMILES string of the molecule is Cc1ccccc1-n1c(=O)nc(C[C@H]2CCNC2)c2ccc(C(F)(F)F)cc21. The Morgan fingerprint density at radius 3 is 2.68 bits per heavy atom. The van der Waals surface area contributed by atoms with Crippen molar-refractivity contribution >= 4 is 10.9 Å². The molecular weight excluding hydrogens is 367 g/mol. The van der Waals surface area contributed by atoms with Crippen LogP contribution in [0.2, 0.25) is 0 Å². The second kappa shape index (κ2) is 7.05. The number of aryl methyl sites for hydroxylation is 1. The zero-order valence-corrected chi connectivity index (χ0v) is 15.4. The van der Waals surface area contributed by atoms with E-state index in [1.165, 1.54) is 10.6 Å². The summed E-state index contributed by atoms with van der Waals surface area (Å²) in [5, 5.41) is 3.85. The van der Waals surface area contributed by atoms with Gasteiger partial charge in [-0.25, -0.2) is 4.79 Å². The van der Waals surface area contributed by atoms with Crippen molar-refractivity contribution in [3.8, 4) is 5.69 Å². The summed E-state index contributed by atoms with van der Waals surface area (Å²) in [6.45, 7) is 3.55. The van der Waals surface area contributed by atoms with E-state index in [0.29, 0.717) is 29.1 Å². The van der Waals surface area contributed by atoms with Gasteiger partial charge in [0.25, 0.3) is 0 Å². The molecule has 4 rings (SSSR count). The number of nitrogens with zero attached hydrogens (tertiary/aromatic N) is 2. The van der Waals surface area contributed by atoms with Crippen molar-refractivity contribution in [2.24, 2.45) is 5.92 Å². The highest BCUT2D eigenvalue weighted by molar-refractivity contribution is 5.84. The Morgan fingerprint density at radius 2 is 2.00 bits per heavy atom. The summed E-state index contributed by atoms with van der Waals surface area (Å²) in [5.74, 6) is 0.326. The van der Waals surface area contributed by atoms with Gasteiger partial charge in [-0.1, -0.05) is 24.3 Å². The number of alkyl halides is 3. The number of rotatable bonds is 3. The molecule has 0 saturated carbocycles. The first-order chi connectivity index (χ1) is 13.3. The quantitative estimate of drug-likeness (QED) is 0.742. The Morgan fingerprint density at radius 1 is 1.21 bits per heavy atom. The second-order valence-corrected chi connectivity index (χ2v) is 7.26. The first-order valence-corrected chi connectivity index (χ1v) is 9.24. The summed E-state index contributed by atoms with van der Waals surface area (Å²) < 4.78 is 41.3. The molecule has 1 aromatic heterocycles. The molecule has 0 amide bonds. The molecule has 0 bridgehead atoms. The van der Waals surface area contributed by atoms with Gasteiger partial charge >= 0.3 is 11.9 Å². The lowest BCUT2D eigenvalue weighted by Gasteiger charge is -2.17. The van der Waals surface area contributed by atoms with Crippen LogP contribution < -0.4 is 11.0 Å². The zero-order valence-electron chi connectivity index (χ0n) is 15.4. The summed E-state index contributed by atoms with van der Waals surface area (Å²) in [4.78, 5) is 17.2. The molecule has 1 fully saturated rings. The van der Waals surface area contributed by atoms with Gasteiger partial charge in [-0.3, -0.25) is 4.57 Å². The maximum atomic E-state index is 13.3. The molecule has 3 aromatic rings. The van der Waals surface area contributed by atoms with Gasteiger partial charge in [0.15, 0.2) is 0 Å². The second-order valence-electron chi connectivity index (χ2n) is 7.26. The largest absolute Gasteiger partial charge is 0.416 e. The number of nitrogens with one attached hydrogen (secondary N) is 1. The lowest BCUT2D eigenvalue weighted by atomic mass is 9.99. The number of fused-ring (bicyclic) bond motifs is 1. The van der Waals surface area contributed by atoms with Gasteiger partial charge in [-0.2, -0.15) is 18.2 Å². The molecule has 1 saturated heterocycles. The van der Waals surface area contributed by atoms with Crippen LogP contribution in [-0.2, 0) is 12.6 Å². The van der Waals surface area contributed by atoms with E-state index in [1.54, 1.807) is 12.1 Å². The summed E-state index contributed by atoms with van der Waals surface area (Å²) in [6.07, 6.45) is -2.96. The Hall–Kier alpha value is -2.67. The summed E-state index contributed by atoms with van der Waals surface area (Å²) >= 11 is 0. The van der Waals surface area contributed by atoms with E-state index in [9.17, 15) is 18.0 Å². The van der Waals surface area contributed by atoms with Crippen LogP contribution in [0.4, 0.5) is 13.2 Å². The molecule has 1 N–H and O–H groups in total. The van der Waals surface area contributed by atoms with Gasteiger partial charge in [0.05, 0.1) is 22.5 Å². The third-order valence-electron chi connectivity index (χ3n) is 5.30. The minimum Gasteiger partial charge on any atom is -0.316 e. The maximum Gasteiger partial charge on any atom is 0.416 e.